The van der Waals surface area contributed by atoms with Gasteiger partial charge in [0.2, 0.25) is 0 Å². The van der Waals surface area contributed by atoms with Crippen LogP contribution in [0.3, 0.4) is 0 Å². The highest BCUT2D eigenvalue weighted by Crippen LogP contribution is 2.08. The van der Waals surface area contributed by atoms with E-state index in [2.05, 4.69) is 5.32 Å². The van der Waals surface area contributed by atoms with Crippen molar-refractivity contribution in [1.29, 1.82) is 0 Å². The van der Waals surface area contributed by atoms with Crippen LogP contribution in [0.15, 0.2) is 41.8 Å². The van der Waals surface area contributed by atoms with Crippen LogP contribution in [0.4, 0.5) is 4.39 Å². The molecule has 0 atom stereocenters. The number of esters is 1. The maximum absolute atomic E-state index is 12.8. The lowest BCUT2D eigenvalue weighted by molar-refractivity contribution is -0.142. The predicted octanol–water partition coefficient (Wildman–Crippen LogP) is 2.82. The first-order valence-corrected chi connectivity index (χ1v) is 8.20. The average molecular weight is 349 g/mol. The van der Waals surface area contributed by atoms with Gasteiger partial charge in [0.1, 0.15) is 12.4 Å². The van der Waals surface area contributed by atoms with Gasteiger partial charge in [-0.15, -0.1) is 11.3 Å². The van der Waals surface area contributed by atoms with Crippen molar-refractivity contribution in [3.8, 4) is 0 Å². The number of ketones is 1. The van der Waals surface area contributed by atoms with Crippen LogP contribution < -0.4 is 5.32 Å². The third kappa shape index (κ3) is 5.58. The van der Waals surface area contributed by atoms with Gasteiger partial charge in [-0.2, -0.15) is 0 Å². The molecule has 7 heteroatoms. The second-order valence-corrected chi connectivity index (χ2v) is 5.86. The molecule has 0 aliphatic heterocycles. The number of Topliss-reactive ketones (excluding diaryl/α,β-unsaturated/α-hetero) is 1. The minimum absolute atomic E-state index is 0.0840. The lowest BCUT2D eigenvalue weighted by atomic mass is 10.1. The topological polar surface area (TPSA) is 72.5 Å². The Kier molecular flexibility index (Phi) is 6.62. The Balaban J connectivity index is 1.61. The summed E-state index contributed by atoms with van der Waals surface area (Å²) in [5.41, 5.74) is 0.422. The summed E-state index contributed by atoms with van der Waals surface area (Å²) in [6.07, 6.45) is 0.557. The fourth-order valence-corrected chi connectivity index (χ4v) is 2.54. The number of thiophene rings is 1. The molecule has 1 heterocycles. The highest BCUT2D eigenvalue weighted by atomic mass is 32.1. The summed E-state index contributed by atoms with van der Waals surface area (Å²) in [6, 6.07) is 8.70. The zero-order chi connectivity index (χ0) is 17.4. The number of carbonyl (C=O) groups is 3. The standard InChI is InChI=1S/C17H16FNO4S/c18-13-7-5-12(6-8-13)14(20)3-1-9-23-16(21)11-19-17(22)15-4-2-10-24-15/h2,4-8,10H,1,3,9,11H2,(H,19,22). The minimum Gasteiger partial charge on any atom is -0.464 e. The van der Waals surface area contributed by atoms with Gasteiger partial charge in [0.05, 0.1) is 11.5 Å². The third-order valence-electron chi connectivity index (χ3n) is 3.12. The molecule has 0 saturated heterocycles. The number of nitrogens with one attached hydrogen (secondary N) is 1. The lowest BCUT2D eigenvalue weighted by Crippen LogP contribution is -2.30. The van der Waals surface area contributed by atoms with Crippen LogP contribution >= 0.6 is 11.3 Å². The van der Waals surface area contributed by atoms with Crippen LogP contribution in [0, 0.1) is 5.82 Å². The lowest BCUT2D eigenvalue weighted by Gasteiger charge is -2.06. The molecule has 1 aromatic carbocycles. The quantitative estimate of drug-likeness (QED) is 0.452. The normalized spacial score (nSPS) is 10.2. The number of carbonyl (C=O) groups excluding carboxylic acids is 3. The average Bonchev–Trinajstić information content (AvgIpc) is 3.11. The Morgan fingerprint density at radius 3 is 2.54 bits per heavy atom. The second kappa shape index (κ2) is 8.93. The van der Waals surface area contributed by atoms with Gasteiger partial charge < -0.3 is 10.1 Å². The largest absolute Gasteiger partial charge is 0.464 e. The van der Waals surface area contributed by atoms with Crippen LogP contribution in [-0.2, 0) is 9.53 Å². The number of amides is 1. The first kappa shape index (κ1) is 17.8. The van der Waals surface area contributed by atoms with Gasteiger partial charge >= 0.3 is 5.97 Å². The Hall–Kier alpha value is -2.54. The first-order valence-electron chi connectivity index (χ1n) is 7.32. The molecule has 1 aromatic heterocycles. The second-order valence-electron chi connectivity index (χ2n) is 4.91. The van der Waals surface area contributed by atoms with Gasteiger partial charge in [0.15, 0.2) is 5.78 Å². The van der Waals surface area contributed by atoms with Crippen LogP contribution in [0.5, 0.6) is 0 Å². The fraction of sp³-hybridized carbons (Fsp3) is 0.235. The van der Waals surface area contributed by atoms with Crippen molar-refractivity contribution in [2.75, 3.05) is 13.2 Å². The molecular weight excluding hydrogens is 333 g/mol. The van der Waals surface area contributed by atoms with E-state index < -0.39 is 11.8 Å². The molecule has 24 heavy (non-hydrogen) atoms. The van der Waals surface area contributed by atoms with Crippen LogP contribution in [0.2, 0.25) is 0 Å². The molecule has 0 fully saturated rings. The molecule has 0 spiro atoms. The summed E-state index contributed by atoms with van der Waals surface area (Å²) in [5.74, 6) is -1.43. The number of hydrogen-bond acceptors (Lipinski definition) is 5. The molecule has 5 nitrogen and oxygen atoms in total. The Morgan fingerprint density at radius 1 is 1.12 bits per heavy atom. The number of benzene rings is 1. The van der Waals surface area contributed by atoms with E-state index in [1.165, 1.54) is 35.6 Å². The third-order valence-corrected chi connectivity index (χ3v) is 3.98. The monoisotopic (exact) mass is 349 g/mol. The number of rotatable bonds is 8. The zero-order valence-electron chi connectivity index (χ0n) is 12.8. The maximum atomic E-state index is 12.8. The minimum atomic E-state index is -0.561. The van der Waals surface area contributed by atoms with E-state index in [9.17, 15) is 18.8 Å². The predicted molar refractivity (Wildman–Crippen MR) is 87.6 cm³/mol. The number of halogens is 1. The number of hydrogen-bond donors (Lipinski definition) is 1. The SMILES string of the molecule is O=C(CNC(=O)c1cccs1)OCCCC(=O)c1ccc(F)cc1. The fourth-order valence-electron chi connectivity index (χ4n) is 1.90. The van der Waals surface area contributed by atoms with Gasteiger partial charge in [-0.05, 0) is 42.1 Å². The van der Waals surface area contributed by atoms with Crippen molar-refractivity contribution in [2.24, 2.45) is 0 Å². The Labute approximate surface area is 142 Å². The molecule has 1 N–H and O–H groups in total. The molecule has 0 unspecified atom stereocenters. The van der Waals surface area contributed by atoms with E-state index in [1.54, 1.807) is 17.5 Å². The van der Waals surface area contributed by atoms with Crippen molar-refractivity contribution in [3.63, 3.8) is 0 Å². The highest BCUT2D eigenvalue weighted by molar-refractivity contribution is 7.12. The van der Waals surface area contributed by atoms with Crippen molar-refractivity contribution in [1.82, 2.24) is 5.32 Å². The molecule has 0 saturated carbocycles. The summed E-state index contributed by atoms with van der Waals surface area (Å²) >= 11 is 1.28. The first-order chi connectivity index (χ1) is 11.6. The molecule has 1 amide bonds. The summed E-state index contributed by atoms with van der Waals surface area (Å²) in [7, 11) is 0. The van der Waals surface area contributed by atoms with Crippen LogP contribution in [0.1, 0.15) is 32.9 Å². The van der Waals surface area contributed by atoms with Crippen LogP contribution in [0.25, 0.3) is 0 Å². The summed E-state index contributed by atoms with van der Waals surface area (Å²) in [6.45, 7) is -0.136. The molecule has 0 aliphatic rings. The van der Waals surface area contributed by atoms with E-state index in [0.29, 0.717) is 16.9 Å². The number of ether oxygens (including phenoxy) is 1. The van der Waals surface area contributed by atoms with E-state index in [1.807, 2.05) is 0 Å². The zero-order valence-corrected chi connectivity index (χ0v) is 13.6. The van der Waals surface area contributed by atoms with Crippen molar-refractivity contribution >= 4 is 29.0 Å². The summed E-state index contributed by atoms with van der Waals surface area (Å²) < 4.78 is 17.7. The van der Waals surface area contributed by atoms with Gasteiger partial charge in [-0.1, -0.05) is 6.07 Å². The van der Waals surface area contributed by atoms with Gasteiger partial charge in [0.25, 0.3) is 5.91 Å². The van der Waals surface area contributed by atoms with E-state index in [-0.39, 0.29) is 31.3 Å². The van der Waals surface area contributed by atoms with Crippen molar-refractivity contribution in [3.05, 3.63) is 58.0 Å². The van der Waals surface area contributed by atoms with E-state index >= 15 is 0 Å². The van der Waals surface area contributed by atoms with E-state index in [0.717, 1.165) is 0 Å². The summed E-state index contributed by atoms with van der Waals surface area (Å²) in [4.78, 5) is 35.5. The molecule has 0 radical (unpaired) electrons. The van der Waals surface area contributed by atoms with Gasteiger partial charge in [0, 0.05) is 12.0 Å². The van der Waals surface area contributed by atoms with Crippen LogP contribution in [-0.4, -0.2) is 30.8 Å². The Morgan fingerprint density at radius 2 is 1.88 bits per heavy atom. The Bertz CT molecular complexity index is 698. The van der Waals surface area contributed by atoms with E-state index in [4.69, 9.17) is 4.74 Å². The smallest absolute Gasteiger partial charge is 0.325 e. The van der Waals surface area contributed by atoms with Crippen molar-refractivity contribution < 1.29 is 23.5 Å². The summed E-state index contributed by atoms with van der Waals surface area (Å²) in [5, 5.41) is 4.23. The molecule has 0 bridgehead atoms. The molecule has 2 aromatic rings. The molecule has 0 aliphatic carbocycles. The molecular formula is C17H16FNO4S. The highest BCUT2D eigenvalue weighted by Gasteiger charge is 2.10. The van der Waals surface area contributed by atoms with Gasteiger partial charge in [-0.25, -0.2) is 4.39 Å². The molecule has 126 valence electrons. The maximum Gasteiger partial charge on any atom is 0.325 e. The van der Waals surface area contributed by atoms with Gasteiger partial charge in [-0.3, -0.25) is 14.4 Å². The van der Waals surface area contributed by atoms with Crippen molar-refractivity contribution in [2.45, 2.75) is 12.8 Å². The molecule has 2 rings (SSSR count).